The Hall–Kier alpha value is -1.36. The topological polar surface area (TPSA) is 72.9 Å². The summed E-state index contributed by atoms with van der Waals surface area (Å²) in [5.41, 5.74) is 6.37. The van der Waals surface area contributed by atoms with Crippen LogP contribution in [0.15, 0.2) is 12.5 Å². The van der Waals surface area contributed by atoms with Gasteiger partial charge in [-0.25, -0.2) is 4.98 Å². The lowest BCUT2D eigenvalue weighted by molar-refractivity contribution is -0.118. The summed E-state index contributed by atoms with van der Waals surface area (Å²) in [6.45, 7) is 2.75. The van der Waals surface area contributed by atoms with Crippen molar-refractivity contribution in [2.75, 3.05) is 13.1 Å². The quantitative estimate of drug-likeness (QED) is 0.765. The van der Waals surface area contributed by atoms with E-state index in [4.69, 9.17) is 5.73 Å². The van der Waals surface area contributed by atoms with Gasteiger partial charge in [0.1, 0.15) is 0 Å². The number of rotatable bonds is 4. The van der Waals surface area contributed by atoms with Crippen molar-refractivity contribution < 1.29 is 4.79 Å². The van der Waals surface area contributed by atoms with Crippen molar-refractivity contribution in [2.45, 2.75) is 31.7 Å². The van der Waals surface area contributed by atoms with Gasteiger partial charge >= 0.3 is 0 Å². The number of hydrogen-bond donors (Lipinski definition) is 2. The Labute approximate surface area is 95.0 Å². The number of nitrogens with zero attached hydrogens (tertiary/aromatic N) is 2. The molecule has 0 radical (unpaired) electrons. The van der Waals surface area contributed by atoms with Crippen LogP contribution in [-0.4, -0.2) is 28.5 Å². The number of primary amides is 1. The highest BCUT2D eigenvalue weighted by molar-refractivity contribution is 5.73. The van der Waals surface area contributed by atoms with Gasteiger partial charge in [0.05, 0.1) is 6.33 Å². The van der Waals surface area contributed by atoms with E-state index in [0.29, 0.717) is 18.9 Å². The Morgan fingerprint density at radius 2 is 2.56 bits per heavy atom. The normalized spacial score (nSPS) is 20.9. The number of carbonyl (C=O) groups is 1. The monoisotopic (exact) mass is 222 g/mol. The van der Waals surface area contributed by atoms with Crippen LogP contribution in [0.4, 0.5) is 0 Å². The Kier molecular flexibility index (Phi) is 3.56. The van der Waals surface area contributed by atoms with Crippen LogP contribution in [0, 0.1) is 0 Å². The molecule has 3 N–H and O–H groups in total. The van der Waals surface area contributed by atoms with Gasteiger partial charge < -0.3 is 15.6 Å². The van der Waals surface area contributed by atoms with E-state index in [1.165, 1.54) is 18.5 Å². The molecule has 1 aliphatic rings. The van der Waals surface area contributed by atoms with Gasteiger partial charge in [0.15, 0.2) is 0 Å². The largest absolute Gasteiger partial charge is 0.370 e. The maximum Gasteiger partial charge on any atom is 0.219 e. The Balaban J connectivity index is 2.02. The third kappa shape index (κ3) is 2.61. The molecule has 88 valence electrons. The molecule has 1 fully saturated rings. The van der Waals surface area contributed by atoms with Crippen LogP contribution >= 0.6 is 0 Å². The molecular formula is C11H18N4O. The SMILES string of the molecule is NC(=O)CCn1cncc1C1CCCNC1. The average molecular weight is 222 g/mol. The number of piperidine rings is 1. The summed E-state index contributed by atoms with van der Waals surface area (Å²) < 4.78 is 2.04. The number of imidazole rings is 1. The fraction of sp³-hybridized carbons (Fsp3) is 0.636. The molecule has 5 heteroatoms. The minimum absolute atomic E-state index is 0.263. The fourth-order valence-electron chi connectivity index (χ4n) is 2.19. The third-order valence-electron chi connectivity index (χ3n) is 3.06. The number of carbonyl (C=O) groups excluding carboxylic acids is 1. The summed E-state index contributed by atoms with van der Waals surface area (Å²) in [5, 5.41) is 3.38. The molecular weight excluding hydrogens is 204 g/mol. The Morgan fingerprint density at radius 1 is 1.69 bits per heavy atom. The highest BCUT2D eigenvalue weighted by atomic mass is 16.1. The van der Waals surface area contributed by atoms with Gasteiger partial charge in [-0.3, -0.25) is 4.79 Å². The highest BCUT2D eigenvalue weighted by Gasteiger charge is 2.18. The van der Waals surface area contributed by atoms with E-state index in [-0.39, 0.29) is 5.91 Å². The van der Waals surface area contributed by atoms with E-state index >= 15 is 0 Å². The predicted octanol–water partition coefficient (Wildman–Crippen LogP) is 0.225. The second-order valence-corrected chi connectivity index (χ2v) is 4.27. The molecule has 0 spiro atoms. The van der Waals surface area contributed by atoms with Gasteiger partial charge in [-0.05, 0) is 19.4 Å². The van der Waals surface area contributed by atoms with Crippen LogP contribution < -0.4 is 11.1 Å². The van der Waals surface area contributed by atoms with Crippen LogP contribution in [-0.2, 0) is 11.3 Å². The molecule has 0 aromatic carbocycles. The molecule has 1 unspecified atom stereocenters. The molecule has 16 heavy (non-hydrogen) atoms. The number of hydrogen-bond acceptors (Lipinski definition) is 3. The first-order chi connectivity index (χ1) is 7.77. The van der Waals surface area contributed by atoms with Gasteiger partial charge in [-0.2, -0.15) is 0 Å². The number of nitrogens with one attached hydrogen (secondary N) is 1. The summed E-state index contributed by atoms with van der Waals surface area (Å²) in [6.07, 6.45) is 6.45. The van der Waals surface area contributed by atoms with Crippen molar-refractivity contribution in [3.8, 4) is 0 Å². The van der Waals surface area contributed by atoms with E-state index in [9.17, 15) is 4.79 Å². The lowest BCUT2D eigenvalue weighted by atomic mass is 9.96. The summed E-state index contributed by atoms with van der Waals surface area (Å²) in [5.74, 6) is 0.255. The van der Waals surface area contributed by atoms with E-state index in [1.54, 1.807) is 6.33 Å². The number of amides is 1. The van der Waals surface area contributed by atoms with Crippen molar-refractivity contribution in [1.29, 1.82) is 0 Å². The molecule has 2 heterocycles. The van der Waals surface area contributed by atoms with Gasteiger partial charge in [-0.1, -0.05) is 0 Å². The smallest absolute Gasteiger partial charge is 0.219 e. The van der Waals surface area contributed by atoms with Crippen molar-refractivity contribution in [1.82, 2.24) is 14.9 Å². The van der Waals surface area contributed by atoms with E-state index in [0.717, 1.165) is 13.1 Å². The average Bonchev–Trinajstić information content (AvgIpc) is 2.75. The lowest BCUT2D eigenvalue weighted by Crippen LogP contribution is -2.29. The van der Waals surface area contributed by atoms with Crippen molar-refractivity contribution in [3.05, 3.63) is 18.2 Å². The molecule has 0 bridgehead atoms. The molecule has 0 aliphatic carbocycles. The molecule has 2 rings (SSSR count). The van der Waals surface area contributed by atoms with Crippen molar-refractivity contribution in [2.24, 2.45) is 5.73 Å². The summed E-state index contributed by atoms with van der Waals surface area (Å²) >= 11 is 0. The van der Waals surface area contributed by atoms with Crippen LogP contribution in [0.2, 0.25) is 0 Å². The summed E-state index contributed by atoms with van der Waals surface area (Å²) in [6, 6.07) is 0. The Bertz CT molecular complexity index is 355. The first-order valence-corrected chi connectivity index (χ1v) is 5.76. The van der Waals surface area contributed by atoms with E-state index in [2.05, 4.69) is 10.3 Å². The van der Waals surface area contributed by atoms with Crippen molar-refractivity contribution >= 4 is 5.91 Å². The first-order valence-electron chi connectivity index (χ1n) is 5.76. The molecule has 5 nitrogen and oxygen atoms in total. The second kappa shape index (κ2) is 5.12. The number of nitrogens with two attached hydrogens (primary N) is 1. The molecule has 1 aromatic heterocycles. The van der Waals surface area contributed by atoms with Crippen LogP contribution in [0.25, 0.3) is 0 Å². The molecule has 1 aliphatic heterocycles. The highest BCUT2D eigenvalue weighted by Crippen LogP contribution is 2.22. The maximum absolute atomic E-state index is 10.8. The van der Waals surface area contributed by atoms with Crippen molar-refractivity contribution in [3.63, 3.8) is 0 Å². The van der Waals surface area contributed by atoms with Crippen LogP contribution in [0.1, 0.15) is 30.9 Å². The zero-order chi connectivity index (χ0) is 11.4. The third-order valence-corrected chi connectivity index (χ3v) is 3.06. The second-order valence-electron chi connectivity index (χ2n) is 4.27. The first kappa shape index (κ1) is 11.1. The standard InChI is InChI=1S/C11H18N4O/c12-11(16)3-5-15-8-14-7-10(15)9-2-1-4-13-6-9/h7-9,13H,1-6H2,(H2,12,16). The molecule has 1 amide bonds. The number of aryl methyl sites for hydroxylation is 1. The van der Waals surface area contributed by atoms with Crippen LogP contribution in [0.5, 0.6) is 0 Å². The van der Waals surface area contributed by atoms with E-state index in [1.807, 2.05) is 10.8 Å². The summed E-state index contributed by atoms with van der Waals surface area (Å²) in [7, 11) is 0. The van der Waals surface area contributed by atoms with Gasteiger partial charge in [-0.15, -0.1) is 0 Å². The lowest BCUT2D eigenvalue weighted by Gasteiger charge is -2.23. The van der Waals surface area contributed by atoms with E-state index < -0.39 is 0 Å². The van der Waals surface area contributed by atoms with Gasteiger partial charge in [0.2, 0.25) is 5.91 Å². The minimum atomic E-state index is -0.263. The zero-order valence-electron chi connectivity index (χ0n) is 9.35. The zero-order valence-corrected chi connectivity index (χ0v) is 9.35. The Morgan fingerprint density at radius 3 is 3.25 bits per heavy atom. The summed E-state index contributed by atoms with van der Waals surface area (Å²) in [4.78, 5) is 14.9. The molecule has 1 aromatic rings. The molecule has 1 saturated heterocycles. The van der Waals surface area contributed by atoms with Crippen LogP contribution in [0.3, 0.4) is 0 Å². The minimum Gasteiger partial charge on any atom is -0.370 e. The van der Waals surface area contributed by atoms with Gasteiger partial charge in [0, 0.05) is 37.3 Å². The fourth-order valence-corrected chi connectivity index (χ4v) is 2.19. The molecule has 1 atom stereocenters. The molecule has 0 saturated carbocycles. The predicted molar refractivity (Wildman–Crippen MR) is 60.9 cm³/mol. The van der Waals surface area contributed by atoms with Gasteiger partial charge in [0.25, 0.3) is 0 Å². The number of aromatic nitrogens is 2. The maximum atomic E-state index is 10.8.